The molecule has 0 unspecified atom stereocenters. The van der Waals surface area contributed by atoms with E-state index in [2.05, 4.69) is 16.4 Å². The number of carbonyl (C=O) groups excluding carboxylic acids is 1. The van der Waals surface area contributed by atoms with E-state index in [1.54, 1.807) is 18.2 Å². The van der Waals surface area contributed by atoms with Crippen molar-refractivity contribution >= 4 is 34.3 Å². The number of hydrogen-bond acceptors (Lipinski definition) is 4. The highest BCUT2D eigenvalue weighted by molar-refractivity contribution is 6.33. The number of nitrogens with zero attached hydrogens (tertiary/aromatic N) is 1. The molecule has 1 N–H and O–H groups in total. The molecule has 5 nitrogen and oxygen atoms in total. The van der Waals surface area contributed by atoms with Crippen molar-refractivity contribution in [1.29, 1.82) is 0 Å². The van der Waals surface area contributed by atoms with Crippen molar-refractivity contribution in [3.63, 3.8) is 0 Å². The number of oxazole rings is 1. The van der Waals surface area contributed by atoms with E-state index in [-0.39, 0.29) is 12.5 Å². The number of aromatic nitrogens is 1. The van der Waals surface area contributed by atoms with Crippen LogP contribution in [0.25, 0.3) is 22.6 Å². The Morgan fingerprint density at radius 1 is 1.00 bits per heavy atom. The molecule has 0 radical (unpaired) electrons. The van der Waals surface area contributed by atoms with E-state index in [9.17, 15) is 4.79 Å². The molecule has 1 heterocycles. The first-order chi connectivity index (χ1) is 14.4. The maximum Gasteiger partial charge on any atom is 0.262 e. The number of amides is 1. The molecule has 0 spiro atoms. The Balaban J connectivity index is 1.50. The molecule has 0 aliphatic heterocycles. The average Bonchev–Trinajstić information content (AvgIpc) is 3.10. The van der Waals surface area contributed by atoms with Crippen molar-refractivity contribution in [3.05, 3.63) is 76.3 Å². The topological polar surface area (TPSA) is 64.4 Å². The molecular weight excluding hydrogens is 400 g/mol. The number of halogens is 1. The van der Waals surface area contributed by atoms with Crippen LogP contribution in [0.4, 0.5) is 5.69 Å². The molecule has 1 aromatic heterocycles. The summed E-state index contributed by atoms with van der Waals surface area (Å²) in [5, 5.41) is 3.32. The normalized spacial score (nSPS) is 10.9. The fraction of sp³-hybridized carbons (Fsp3) is 0.167. The first kappa shape index (κ1) is 20.0. The molecule has 30 heavy (non-hydrogen) atoms. The third-order valence-corrected chi connectivity index (χ3v) is 4.92. The third-order valence-electron chi connectivity index (χ3n) is 4.59. The van der Waals surface area contributed by atoms with Crippen molar-refractivity contribution in [2.45, 2.75) is 20.8 Å². The standard InChI is InChI=1S/C24H21ClN2O3/c1-14-4-7-21-22(11-14)30-24(27-21)19-12-17(5-6-20(19)25)26-23(28)13-29-18-9-15(2)8-16(3)10-18/h4-12H,13H2,1-3H3,(H,26,28). The summed E-state index contributed by atoms with van der Waals surface area (Å²) in [6.07, 6.45) is 0. The van der Waals surface area contributed by atoms with E-state index in [1.807, 2.05) is 51.1 Å². The van der Waals surface area contributed by atoms with Crippen LogP contribution < -0.4 is 10.1 Å². The van der Waals surface area contributed by atoms with Crippen LogP contribution in [0.3, 0.4) is 0 Å². The molecule has 0 aliphatic carbocycles. The lowest BCUT2D eigenvalue weighted by Gasteiger charge is -2.10. The molecule has 0 saturated carbocycles. The molecular formula is C24H21ClN2O3. The van der Waals surface area contributed by atoms with E-state index in [0.717, 1.165) is 22.2 Å². The van der Waals surface area contributed by atoms with E-state index < -0.39 is 0 Å². The van der Waals surface area contributed by atoms with E-state index in [4.69, 9.17) is 20.8 Å². The maximum absolute atomic E-state index is 12.4. The molecule has 0 fully saturated rings. The minimum atomic E-state index is -0.268. The van der Waals surface area contributed by atoms with Gasteiger partial charge < -0.3 is 14.5 Å². The van der Waals surface area contributed by atoms with Crippen molar-refractivity contribution < 1.29 is 13.9 Å². The number of nitrogens with one attached hydrogen (secondary N) is 1. The van der Waals surface area contributed by atoms with Gasteiger partial charge in [-0.25, -0.2) is 4.98 Å². The Kier molecular flexibility index (Phi) is 5.46. The summed E-state index contributed by atoms with van der Waals surface area (Å²) in [5.41, 5.74) is 5.89. The average molecular weight is 421 g/mol. The number of ether oxygens (including phenoxy) is 1. The van der Waals surface area contributed by atoms with E-state index in [0.29, 0.717) is 33.5 Å². The van der Waals surface area contributed by atoms with Gasteiger partial charge in [0.05, 0.1) is 10.6 Å². The molecule has 6 heteroatoms. The smallest absolute Gasteiger partial charge is 0.262 e. The van der Waals surface area contributed by atoms with Gasteiger partial charge in [-0.05, 0) is 79.9 Å². The SMILES string of the molecule is Cc1cc(C)cc(OCC(=O)Nc2ccc(Cl)c(-c3nc4ccc(C)cc4o3)c2)c1. The fourth-order valence-electron chi connectivity index (χ4n) is 3.28. The van der Waals surface area contributed by atoms with Gasteiger partial charge in [-0.15, -0.1) is 0 Å². The number of hydrogen-bond donors (Lipinski definition) is 1. The molecule has 0 aliphatic rings. The molecule has 0 saturated heterocycles. The van der Waals surface area contributed by atoms with Crippen LogP contribution in [0.15, 0.2) is 59.0 Å². The van der Waals surface area contributed by atoms with Crippen LogP contribution in [-0.2, 0) is 4.79 Å². The van der Waals surface area contributed by atoms with Crippen molar-refractivity contribution in [3.8, 4) is 17.2 Å². The molecule has 0 bridgehead atoms. The zero-order valence-electron chi connectivity index (χ0n) is 17.0. The summed E-state index contributed by atoms with van der Waals surface area (Å²) in [6.45, 7) is 5.87. The van der Waals surface area contributed by atoms with Crippen LogP contribution in [0.1, 0.15) is 16.7 Å². The first-order valence-electron chi connectivity index (χ1n) is 9.55. The van der Waals surface area contributed by atoms with E-state index in [1.165, 1.54) is 0 Å². The molecule has 1 amide bonds. The summed E-state index contributed by atoms with van der Waals surface area (Å²) >= 11 is 6.36. The largest absolute Gasteiger partial charge is 0.484 e. The lowest BCUT2D eigenvalue weighted by molar-refractivity contribution is -0.118. The van der Waals surface area contributed by atoms with Gasteiger partial charge in [-0.1, -0.05) is 23.7 Å². The van der Waals surface area contributed by atoms with Crippen molar-refractivity contribution in [2.75, 3.05) is 11.9 Å². The predicted octanol–water partition coefficient (Wildman–Crippen LogP) is 6.09. The minimum absolute atomic E-state index is 0.0942. The van der Waals surface area contributed by atoms with Gasteiger partial charge in [0.1, 0.15) is 11.3 Å². The van der Waals surface area contributed by atoms with Crippen LogP contribution in [0.5, 0.6) is 5.75 Å². The van der Waals surface area contributed by atoms with Gasteiger partial charge in [-0.2, -0.15) is 0 Å². The number of rotatable bonds is 5. The monoisotopic (exact) mass is 420 g/mol. The summed E-state index contributed by atoms with van der Waals surface area (Å²) in [6, 6.07) is 16.8. The quantitative estimate of drug-likeness (QED) is 0.424. The molecule has 152 valence electrons. The lowest BCUT2D eigenvalue weighted by Crippen LogP contribution is -2.20. The molecule has 4 aromatic rings. The third kappa shape index (κ3) is 4.47. The molecule has 4 rings (SSSR count). The highest BCUT2D eigenvalue weighted by Crippen LogP contribution is 2.32. The minimum Gasteiger partial charge on any atom is -0.484 e. The van der Waals surface area contributed by atoms with Gasteiger partial charge in [0, 0.05) is 5.69 Å². The van der Waals surface area contributed by atoms with E-state index >= 15 is 0 Å². The Morgan fingerprint density at radius 3 is 2.53 bits per heavy atom. The van der Waals surface area contributed by atoms with Crippen molar-refractivity contribution in [1.82, 2.24) is 4.98 Å². The summed E-state index contributed by atoms with van der Waals surface area (Å²) in [4.78, 5) is 16.9. The number of anilines is 1. The Labute approximate surface area is 179 Å². The Morgan fingerprint density at radius 2 is 1.77 bits per heavy atom. The van der Waals surface area contributed by atoms with Crippen LogP contribution in [-0.4, -0.2) is 17.5 Å². The zero-order valence-corrected chi connectivity index (χ0v) is 17.7. The van der Waals surface area contributed by atoms with Gasteiger partial charge >= 0.3 is 0 Å². The summed E-state index contributed by atoms with van der Waals surface area (Å²) in [7, 11) is 0. The van der Waals surface area contributed by atoms with Crippen LogP contribution in [0.2, 0.25) is 5.02 Å². The Bertz CT molecular complexity index is 1230. The van der Waals surface area contributed by atoms with Crippen LogP contribution in [0, 0.1) is 20.8 Å². The highest BCUT2D eigenvalue weighted by atomic mass is 35.5. The van der Waals surface area contributed by atoms with Gasteiger partial charge in [0.2, 0.25) is 5.89 Å². The second-order valence-corrected chi connectivity index (χ2v) is 7.75. The number of benzene rings is 3. The van der Waals surface area contributed by atoms with Crippen molar-refractivity contribution in [2.24, 2.45) is 0 Å². The fourth-order valence-corrected chi connectivity index (χ4v) is 3.47. The zero-order chi connectivity index (χ0) is 21.3. The van der Waals surface area contributed by atoms with Gasteiger partial charge in [-0.3, -0.25) is 4.79 Å². The predicted molar refractivity (Wildman–Crippen MR) is 119 cm³/mol. The number of carbonyl (C=O) groups is 1. The summed E-state index contributed by atoms with van der Waals surface area (Å²) < 4.78 is 11.5. The maximum atomic E-state index is 12.4. The highest BCUT2D eigenvalue weighted by Gasteiger charge is 2.14. The van der Waals surface area contributed by atoms with Gasteiger partial charge in [0.15, 0.2) is 12.2 Å². The number of fused-ring (bicyclic) bond motifs is 1. The van der Waals surface area contributed by atoms with Crippen LogP contribution >= 0.6 is 11.6 Å². The second kappa shape index (κ2) is 8.20. The molecule has 0 atom stereocenters. The Hall–Kier alpha value is -3.31. The lowest BCUT2D eigenvalue weighted by atomic mass is 10.1. The second-order valence-electron chi connectivity index (χ2n) is 7.35. The van der Waals surface area contributed by atoms with Gasteiger partial charge in [0.25, 0.3) is 5.91 Å². The number of aryl methyl sites for hydroxylation is 3. The first-order valence-corrected chi connectivity index (χ1v) is 9.93. The summed E-state index contributed by atoms with van der Waals surface area (Å²) in [5.74, 6) is 0.806. The molecule has 3 aromatic carbocycles.